The van der Waals surface area contributed by atoms with Gasteiger partial charge in [-0.25, -0.2) is 4.98 Å². The second kappa shape index (κ2) is 9.78. The number of amides is 2. The molecule has 3 aromatic rings. The van der Waals surface area contributed by atoms with Crippen molar-refractivity contribution in [1.29, 1.82) is 0 Å². The third-order valence-electron chi connectivity index (χ3n) is 4.32. The van der Waals surface area contributed by atoms with Crippen molar-refractivity contribution < 1.29 is 9.59 Å². The Kier molecular flexibility index (Phi) is 7.13. The number of anilines is 2. The summed E-state index contributed by atoms with van der Waals surface area (Å²) in [6.45, 7) is 5.73. The molecule has 0 saturated heterocycles. The number of carbonyl (C=O) groups is 2. The van der Waals surface area contributed by atoms with E-state index in [4.69, 9.17) is 11.6 Å². The molecule has 0 aliphatic rings. The molecule has 7 heteroatoms. The Bertz CT molecular complexity index is 1070. The van der Waals surface area contributed by atoms with Crippen molar-refractivity contribution >= 4 is 46.6 Å². The van der Waals surface area contributed by atoms with E-state index < -0.39 is 0 Å². The molecule has 1 aromatic heterocycles. The van der Waals surface area contributed by atoms with Gasteiger partial charge in [-0.2, -0.15) is 0 Å². The van der Waals surface area contributed by atoms with Crippen LogP contribution in [0, 0.1) is 20.8 Å². The molecule has 0 radical (unpaired) electrons. The molecule has 0 fully saturated rings. The molecule has 2 aromatic carbocycles. The van der Waals surface area contributed by atoms with E-state index in [0.29, 0.717) is 27.0 Å². The Hall–Kier alpha value is -2.83. The molecule has 0 bridgehead atoms. The van der Waals surface area contributed by atoms with E-state index in [1.807, 2.05) is 51.1 Å². The number of pyridine rings is 1. The van der Waals surface area contributed by atoms with Crippen LogP contribution in [0.3, 0.4) is 0 Å². The van der Waals surface area contributed by atoms with E-state index in [2.05, 4.69) is 15.6 Å². The zero-order chi connectivity index (χ0) is 21.7. The molecule has 30 heavy (non-hydrogen) atoms. The van der Waals surface area contributed by atoms with Crippen LogP contribution in [0.25, 0.3) is 0 Å². The summed E-state index contributed by atoms with van der Waals surface area (Å²) in [6, 6.07) is 16.3. The highest BCUT2D eigenvalue weighted by Crippen LogP contribution is 2.26. The Labute approximate surface area is 185 Å². The van der Waals surface area contributed by atoms with Crippen LogP contribution in [-0.2, 0) is 4.79 Å². The van der Waals surface area contributed by atoms with Crippen molar-refractivity contribution in [2.45, 2.75) is 25.8 Å². The minimum Gasteiger partial charge on any atom is -0.325 e. The summed E-state index contributed by atoms with van der Waals surface area (Å²) in [6.07, 6.45) is 0. The lowest BCUT2D eigenvalue weighted by Crippen LogP contribution is -2.18. The van der Waals surface area contributed by atoms with E-state index in [0.717, 1.165) is 16.8 Å². The first-order valence-electron chi connectivity index (χ1n) is 9.36. The van der Waals surface area contributed by atoms with E-state index in [1.54, 1.807) is 24.3 Å². The fourth-order valence-corrected chi connectivity index (χ4v) is 3.95. The van der Waals surface area contributed by atoms with Crippen LogP contribution in [0.4, 0.5) is 11.4 Å². The summed E-state index contributed by atoms with van der Waals surface area (Å²) in [5.41, 5.74) is 4.57. The van der Waals surface area contributed by atoms with Gasteiger partial charge in [0.15, 0.2) is 0 Å². The molecule has 0 atom stereocenters. The Morgan fingerprint density at radius 2 is 1.53 bits per heavy atom. The SMILES string of the molecule is Cc1ccc(NC(=O)c2c(C)cc(C)nc2SCC(=O)Nc2ccc(Cl)cc2)cc1. The number of aryl methyl sites for hydroxylation is 3. The summed E-state index contributed by atoms with van der Waals surface area (Å²) >= 11 is 7.11. The number of thioether (sulfide) groups is 1. The highest BCUT2D eigenvalue weighted by atomic mass is 35.5. The topological polar surface area (TPSA) is 71.1 Å². The summed E-state index contributed by atoms with van der Waals surface area (Å²) in [7, 11) is 0. The normalized spacial score (nSPS) is 10.5. The van der Waals surface area contributed by atoms with E-state index in [9.17, 15) is 9.59 Å². The Morgan fingerprint density at radius 1 is 0.933 bits per heavy atom. The summed E-state index contributed by atoms with van der Waals surface area (Å²) in [5.74, 6) is -0.304. The lowest BCUT2D eigenvalue weighted by molar-refractivity contribution is -0.113. The fraction of sp³-hybridized carbons (Fsp3) is 0.174. The monoisotopic (exact) mass is 439 g/mol. The fourth-order valence-electron chi connectivity index (χ4n) is 2.88. The third kappa shape index (κ3) is 5.84. The van der Waals surface area contributed by atoms with Gasteiger partial charge in [0.25, 0.3) is 5.91 Å². The van der Waals surface area contributed by atoms with E-state index in [-0.39, 0.29) is 17.6 Å². The summed E-state index contributed by atoms with van der Waals surface area (Å²) < 4.78 is 0. The van der Waals surface area contributed by atoms with E-state index >= 15 is 0 Å². The Balaban J connectivity index is 1.73. The molecular weight excluding hydrogens is 418 g/mol. The van der Waals surface area contributed by atoms with Gasteiger partial charge in [0.1, 0.15) is 5.03 Å². The van der Waals surface area contributed by atoms with Crippen molar-refractivity contribution in [2.75, 3.05) is 16.4 Å². The van der Waals surface area contributed by atoms with Gasteiger partial charge in [-0.3, -0.25) is 9.59 Å². The molecule has 0 spiro atoms. The van der Waals surface area contributed by atoms with Gasteiger partial charge < -0.3 is 10.6 Å². The van der Waals surface area contributed by atoms with Crippen molar-refractivity contribution in [3.63, 3.8) is 0 Å². The number of hydrogen-bond donors (Lipinski definition) is 2. The second-order valence-corrected chi connectivity index (χ2v) is 8.33. The molecule has 2 amide bonds. The molecule has 0 saturated carbocycles. The molecule has 3 rings (SSSR count). The Morgan fingerprint density at radius 3 is 2.20 bits per heavy atom. The van der Waals surface area contributed by atoms with Gasteiger partial charge in [-0.15, -0.1) is 0 Å². The van der Waals surface area contributed by atoms with Gasteiger partial charge in [0.05, 0.1) is 11.3 Å². The van der Waals surface area contributed by atoms with Gasteiger partial charge >= 0.3 is 0 Å². The molecule has 0 aliphatic heterocycles. The smallest absolute Gasteiger partial charge is 0.258 e. The maximum absolute atomic E-state index is 12.9. The van der Waals surface area contributed by atoms with Crippen molar-refractivity contribution in [2.24, 2.45) is 0 Å². The van der Waals surface area contributed by atoms with Crippen LogP contribution >= 0.6 is 23.4 Å². The first-order valence-corrected chi connectivity index (χ1v) is 10.7. The van der Waals surface area contributed by atoms with Crippen LogP contribution in [0.1, 0.15) is 27.2 Å². The van der Waals surface area contributed by atoms with Crippen LogP contribution in [0.2, 0.25) is 5.02 Å². The average Bonchev–Trinajstić information content (AvgIpc) is 2.69. The summed E-state index contributed by atoms with van der Waals surface area (Å²) in [5, 5.41) is 6.86. The lowest BCUT2D eigenvalue weighted by atomic mass is 10.1. The van der Waals surface area contributed by atoms with Gasteiger partial charge in [-0.1, -0.05) is 41.1 Å². The zero-order valence-electron chi connectivity index (χ0n) is 17.0. The highest BCUT2D eigenvalue weighted by Gasteiger charge is 2.18. The summed E-state index contributed by atoms with van der Waals surface area (Å²) in [4.78, 5) is 29.8. The van der Waals surface area contributed by atoms with E-state index in [1.165, 1.54) is 11.8 Å². The minimum atomic E-state index is -0.246. The minimum absolute atomic E-state index is 0.128. The standard InChI is InChI=1S/C23H22ClN3O2S/c1-14-4-8-19(9-5-14)27-22(29)21-15(2)12-16(3)25-23(21)30-13-20(28)26-18-10-6-17(24)7-11-18/h4-12H,13H2,1-3H3,(H,26,28)(H,27,29). The van der Waals surface area contributed by atoms with Crippen LogP contribution in [0.5, 0.6) is 0 Å². The second-order valence-electron chi connectivity index (χ2n) is 6.92. The number of nitrogens with zero attached hydrogens (tertiary/aromatic N) is 1. The lowest BCUT2D eigenvalue weighted by Gasteiger charge is -2.13. The molecule has 5 nitrogen and oxygen atoms in total. The average molecular weight is 440 g/mol. The number of nitrogens with one attached hydrogen (secondary N) is 2. The first kappa shape index (κ1) is 21.9. The molecule has 0 unspecified atom stereocenters. The number of benzene rings is 2. The molecule has 154 valence electrons. The number of carbonyl (C=O) groups excluding carboxylic acids is 2. The molecule has 1 heterocycles. The predicted molar refractivity (Wildman–Crippen MR) is 124 cm³/mol. The van der Waals surface area contributed by atoms with Crippen LogP contribution in [-0.4, -0.2) is 22.6 Å². The first-order chi connectivity index (χ1) is 14.3. The molecular formula is C23H22ClN3O2S. The largest absolute Gasteiger partial charge is 0.325 e. The van der Waals surface area contributed by atoms with Gasteiger partial charge in [0, 0.05) is 22.1 Å². The van der Waals surface area contributed by atoms with Crippen molar-refractivity contribution in [3.05, 3.63) is 82.0 Å². The molecule has 2 N–H and O–H groups in total. The predicted octanol–water partition coefficient (Wildman–Crippen LogP) is 5.64. The highest BCUT2D eigenvalue weighted by molar-refractivity contribution is 8.00. The number of halogens is 1. The quantitative estimate of drug-likeness (QED) is 0.487. The third-order valence-corrected chi connectivity index (χ3v) is 5.54. The van der Waals surface area contributed by atoms with Gasteiger partial charge in [-0.05, 0) is 68.8 Å². The molecule has 0 aliphatic carbocycles. The van der Waals surface area contributed by atoms with Gasteiger partial charge in [0.2, 0.25) is 5.91 Å². The van der Waals surface area contributed by atoms with Crippen LogP contribution in [0.15, 0.2) is 59.6 Å². The van der Waals surface area contributed by atoms with Crippen molar-refractivity contribution in [1.82, 2.24) is 4.98 Å². The van der Waals surface area contributed by atoms with Crippen molar-refractivity contribution in [3.8, 4) is 0 Å². The number of aromatic nitrogens is 1. The van der Waals surface area contributed by atoms with Crippen LogP contribution < -0.4 is 10.6 Å². The maximum Gasteiger partial charge on any atom is 0.258 e. The number of rotatable bonds is 6. The number of hydrogen-bond acceptors (Lipinski definition) is 4. The maximum atomic E-state index is 12.9. The zero-order valence-corrected chi connectivity index (χ0v) is 18.5.